The minimum Gasteiger partial charge on any atom is -0.357 e. The van der Waals surface area contributed by atoms with Gasteiger partial charge in [0.1, 0.15) is 8.07 Å². The van der Waals surface area contributed by atoms with Crippen LogP contribution in [-0.4, -0.2) is 22.3 Å². The Morgan fingerprint density at radius 1 is 0.595 bits per heavy atom. The molecular weight excluding hydrogens is 529 g/mol. The molecule has 0 fully saturated rings. The first-order valence-corrected chi connectivity index (χ1v) is 17.0. The first kappa shape index (κ1) is 29.7. The van der Waals surface area contributed by atoms with Crippen molar-refractivity contribution in [3.8, 4) is 35.6 Å². The minimum absolute atomic E-state index is 0.481. The lowest BCUT2D eigenvalue weighted by Gasteiger charge is -2.45. The summed E-state index contributed by atoms with van der Waals surface area (Å²) in [7, 11) is 1.38. The average molecular weight is 569 g/mol. The van der Waals surface area contributed by atoms with Gasteiger partial charge in [0, 0.05) is 36.5 Å². The summed E-state index contributed by atoms with van der Waals surface area (Å²) in [5.74, 6) is 12.7. The molecule has 0 N–H and O–H groups in total. The van der Waals surface area contributed by atoms with Crippen LogP contribution in [0.25, 0.3) is 21.5 Å². The molecule has 0 saturated carbocycles. The van der Waals surface area contributed by atoms with Crippen LogP contribution in [0.4, 0.5) is 0 Å². The van der Waals surface area contributed by atoms with Crippen molar-refractivity contribution in [2.45, 2.75) is 69.4 Å². The number of hydrogen-bond acceptors (Lipinski definition) is 2. The molecular formula is C39H40O2Si. The van der Waals surface area contributed by atoms with Crippen molar-refractivity contribution >= 4 is 29.6 Å². The number of fused-ring (bicyclic) bond motifs is 4. The van der Waals surface area contributed by atoms with Crippen LogP contribution in [0.5, 0.6) is 0 Å². The van der Waals surface area contributed by atoms with E-state index in [4.69, 9.17) is 15.9 Å². The topological polar surface area (TPSA) is 18.5 Å². The molecule has 1 aliphatic rings. The third-order valence-corrected chi connectivity index (χ3v) is 15.8. The van der Waals surface area contributed by atoms with Gasteiger partial charge in [0.15, 0.2) is 11.2 Å². The van der Waals surface area contributed by atoms with E-state index in [1.54, 1.807) is 14.2 Å². The molecule has 0 heterocycles. The molecule has 0 amide bonds. The third kappa shape index (κ3) is 4.30. The van der Waals surface area contributed by atoms with Crippen molar-refractivity contribution in [2.24, 2.45) is 0 Å². The maximum absolute atomic E-state index is 6.71. The molecule has 0 spiro atoms. The van der Waals surface area contributed by atoms with Gasteiger partial charge in [0.2, 0.25) is 0 Å². The van der Waals surface area contributed by atoms with Gasteiger partial charge in [0.25, 0.3) is 0 Å². The van der Waals surface area contributed by atoms with Crippen molar-refractivity contribution in [1.82, 2.24) is 0 Å². The highest BCUT2D eigenvalue weighted by molar-refractivity contribution is 6.90. The number of terminal acetylenes is 1. The van der Waals surface area contributed by atoms with E-state index in [-0.39, 0.29) is 0 Å². The molecule has 1 aliphatic carbocycles. The van der Waals surface area contributed by atoms with E-state index in [0.717, 1.165) is 43.8 Å². The van der Waals surface area contributed by atoms with Crippen molar-refractivity contribution in [2.75, 3.05) is 14.2 Å². The second kappa shape index (κ2) is 11.1. The molecule has 2 nitrogen and oxygen atoms in total. The number of ether oxygens (including phenoxy) is 2. The zero-order valence-corrected chi connectivity index (χ0v) is 27.1. The Balaban J connectivity index is 2.02. The number of rotatable bonds is 5. The normalized spacial score (nSPS) is 19.6. The minimum atomic E-state index is -2.12. The highest BCUT2D eigenvalue weighted by Gasteiger charge is 2.52. The molecule has 0 bridgehead atoms. The zero-order chi connectivity index (χ0) is 30.3. The molecule has 0 aliphatic heterocycles. The van der Waals surface area contributed by atoms with E-state index < -0.39 is 19.3 Å². The Labute approximate surface area is 252 Å². The number of hydrogen-bond donors (Lipinski definition) is 0. The Morgan fingerprint density at radius 2 is 0.929 bits per heavy atom. The summed E-state index contributed by atoms with van der Waals surface area (Å²) < 4.78 is 13.2. The highest BCUT2D eigenvalue weighted by atomic mass is 28.3. The molecule has 0 unspecified atom stereocenters. The van der Waals surface area contributed by atoms with Crippen molar-refractivity contribution in [1.29, 1.82) is 0 Å². The van der Waals surface area contributed by atoms with Crippen LogP contribution in [0.2, 0.25) is 16.6 Å². The molecule has 212 valence electrons. The standard InChI is InChI=1S/C39H40O2Si/c1-10-11-20-38(40-8)34-23-30-16-12-14-18-32(30)25-36(34)39(41-9,21-22-42(27(2)3,28(4)5)29(6)7)37-26-33-19-15-13-17-31(33)24-35(37)38/h1,12-19,23-29H,2-9H3. The Bertz CT molecular complexity index is 1720. The predicted octanol–water partition coefficient (Wildman–Crippen LogP) is 8.94. The van der Waals surface area contributed by atoms with Gasteiger partial charge in [-0.1, -0.05) is 96.0 Å². The molecule has 4 aromatic carbocycles. The Morgan fingerprint density at radius 3 is 1.21 bits per heavy atom. The lowest BCUT2D eigenvalue weighted by atomic mass is 9.66. The van der Waals surface area contributed by atoms with E-state index in [2.05, 4.69) is 144 Å². The molecule has 42 heavy (non-hydrogen) atoms. The molecule has 4 aromatic rings. The van der Waals surface area contributed by atoms with Crippen LogP contribution < -0.4 is 0 Å². The number of methoxy groups -OCH3 is 2. The van der Waals surface area contributed by atoms with E-state index in [9.17, 15) is 0 Å². The van der Waals surface area contributed by atoms with Gasteiger partial charge >= 0.3 is 0 Å². The Kier molecular flexibility index (Phi) is 7.87. The fraction of sp³-hybridized carbons (Fsp3) is 0.333. The smallest absolute Gasteiger partial charge is 0.181 e. The van der Waals surface area contributed by atoms with Crippen LogP contribution in [0.15, 0.2) is 72.8 Å². The third-order valence-electron chi connectivity index (χ3n) is 9.53. The maximum Gasteiger partial charge on any atom is 0.181 e. The lowest BCUT2D eigenvalue weighted by molar-refractivity contribution is 0.0334. The zero-order valence-electron chi connectivity index (χ0n) is 26.1. The quantitative estimate of drug-likeness (QED) is 0.177. The van der Waals surface area contributed by atoms with Crippen LogP contribution in [0.3, 0.4) is 0 Å². The lowest BCUT2D eigenvalue weighted by Crippen LogP contribution is -2.46. The molecule has 0 radical (unpaired) electrons. The molecule has 5 rings (SSSR count). The molecule has 0 atom stereocenters. The second-order valence-corrected chi connectivity index (χ2v) is 17.9. The van der Waals surface area contributed by atoms with E-state index in [1.165, 1.54) is 0 Å². The fourth-order valence-electron chi connectivity index (χ4n) is 7.50. The summed E-state index contributed by atoms with van der Waals surface area (Å²) in [6.45, 7) is 14.1. The van der Waals surface area contributed by atoms with Crippen LogP contribution >= 0.6 is 0 Å². The van der Waals surface area contributed by atoms with Crippen LogP contribution in [0, 0.1) is 35.6 Å². The summed E-state index contributed by atoms with van der Waals surface area (Å²) in [5, 5.41) is 4.41. The van der Waals surface area contributed by atoms with Gasteiger partial charge in [-0.15, -0.1) is 12.0 Å². The van der Waals surface area contributed by atoms with E-state index in [1.807, 2.05) is 0 Å². The Hall–Kier alpha value is -3.78. The molecule has 0 aromatic heterocycles. The summed E-state index contributed by atoms with van der Waals surface area (Å²) in [4.78, 5) is 0. The molecule has 3 heteroatoms. The van der Waals surface area contributed by atoms with Gasteiger partial charge in [-0.05, 0) is 80.2 Å². The van der Waals surface area contributed by atoms with Gasteiger partial charge in [0.05, 0.1) is 0 Å². The van der Waals surface area contributed by atoms with Crippen molar-refractivity contribution < 1.29 is 9.47 Å². The van der Waals surface area contributed by atoms with E-state index in [0.29, 0.717) is 16.6 Å². The van der Waals surface area contributed by atoms with Crippen molar-refractivity contribution in [3.05, 3.63) is 95.1 Å². The average Bonchev–Trinajstić information content (AvgIpc) is 2.98. The first-order chi connectivity index (χ1) is 20.1. The van der Waals surface area contributed by atoms with Gasteiger partial charge in [-0.2, -0.15) is 0 Å². The maximum atomic E-state index is 6.71. The SMILES string of the molecule is C#CC#CC1(OC)c2cc3ccccc3cc2C(C#C[Si](C(C)C)(C(C)C)C(C)C)(OC)c2cc3ccccc3cc21. The van der Waals surface area contributed by atoms with E-state index >= 15 is 0 Å². The second-order valence-electron chi connectivity index (χ2n) is 12.3. The molecule has 0 saturated heterocycles. The highest BCUT2D eigenvalue weighted by Crippen LogP contribution is 2.53. The summed E-state index contributed by atoms with van der Waals surface area (Å²) in [6, 6.07) is 25.6. The monoisotopic (exact) mass is 568 g/mol. The largest absolute Gasteiger partial charge is 0.357 e. The fourth-order valence-corrected chi connectivity index (χ4v) is 12.8. The predicted molar refractivity (Wildman–Crippen MR) is 179 cm³/mol. The number of benzene rings is 4. The van der Waals surface area contributed by atoms with Crippen LogP contribution in [-0.2, 0) is 20.7 Å². The first-order valence-electron chi connectivity index (χ1n) is 14.8. The van der Waals surface area contributed by atoms with Gasteiger partial charge < -0.3 is 9.47 Å². The van der Waals surface area contributed by atoms with Crippen molar-refractivity contribution in [3.63, 3.8) is 0 Å². The van der Waals surface area contributed by atoms with Crippen LogP contribution in [0.1, 0.15) is 63.8 Å². The summed E-state index contributed by atoms with van der Waals surface area (Å²) in [5.41, 5.74) is 7.05. The summed E-state index contributed by atoms with van der Waals surface area (Å²) in [6.07, 6.45) is 5.72. The van der Waals surface area contributed by atoms with Gasteiger partial charge in [-0.25, -0.2) is 0 Å². The van der Waals surface area contributed by atoms with Gasteiger partial charge in [-0.3, -0.25) is 0 Å². The summed E-state index contributed by atoms with van der Waals surface area (Å²) >= 11 is 0.